The molecule has 1 rings (SSSR count). The molecule has 0 fully saturated rings. The highest BCUT2D eigenvalue weighted by molar-refractivity contribution is 8.00. The van der Waals surface area contributed by atoms with Gasteiger partial charge in [-0.2, -0.15) is 0 Å². The molecule has 2 N–H and O–H groups in total. The fourth-order valence-corrected chi connectivity index (χ4v) is 2.51. The molecule has 0 unspecified atom stereocenters. The van der Waals surface area contributed by atoms with Gasteiger partial charge in [0.05, 0.1) is 18.6 Å². The van der Waals surface area contributed by atoms with E-state index in [0.29, 0.717) is 10.9 Å². The minimum atomic E-state index is -0.364. The third-order valence-corrected chi connectivity index (χ3v) is 3.38. The second-order valence-corrected chi connectivity index (χ2v) is 5.20. The number of hydrogen-bond acceptors (Lipinski definition) is 4. The average molecular weight is 275 g/mol. The van der Waals surface area contributed by atoms with E-state index in [2.05, 4.69) is 4.98 Å². The number of methoxy groups -OCH3 is 1. The normalized spacial score (nSPS) is 10.6. The zero-order valence-corrected chi connectivity index (χ0v) is 11.6. The standard InChI is InChI=1S/C11H15ClN2O2S/c1-6(2)10-8(17-5-9(13)15)4-7(12)11(14-10)16-3/h4,6H,5H2,1-3H3,(H2,13,15). The number of primary amides is 1. The van der Waals surface area contributed by atoms with Crippen LogP contribution >= 0.6 is 23.4 Å². The first-order valence-corrected chi connectivity index (χ1v) is 6.47. The number of halogens is 1. The molecule has 0 atom stereocenters. The number of carbonyl (C=O) groups is 1. The molecule has 94 valence electrons. The molecule has 17 heavy (non-hydrogen) atoms. The van der Waals surface area contributed by atoms with E-state index in [9.17, 15) is 4.79 Å². The Morgan fingerprint density at radius 3 is 2.76 bits per heavy atom. The number of amides is 1. The first kappa shape index (κ1) is 14.1. The Kier molecular flexibility index (Phi) is 5.08. The van der Waals surface area contributed by atoms with Gasteiger partial charge < -0.3 is 10.5 Å². The van der Waals surface area contributed by atoms with Crippen LogP contribution in [0.15, 0.2) is 11.0 Å². The van der Waals surface area contributed by atoms with Crippen molar-refractivity contribution >= 4 is 29.3 Å². The molecule has 0 aliphatic heterocycles. The summed E-state index contributed by atoms with van der Waals surface area (Å²) in [5.41, 5.74) is 5.98. The smallest absolute Gasteiger partial charge is 0.232 e. The van der Waals surface area contributed by atoms with Gasteiger partial charge in [-0.1, -0.05) is 25.4 Å². The van der Waals surface area contributed by atoms with E-state index in [4.69, 9.17) is 22.1 Å². The summed E-state index contributed by atoms with van der Waals surface area (Å²) in [4.78, 5) is 16.0. The number of aromatic nitrogens is 1. The molecule has 0 aliphatic rings. The summed E-state index contributed by atoms with van der Waals surface area (Å²) in [6.45, 7) is 4.04. The lowest BCUT2D eigenvalue weighted by atomic mass is 10.1. The third-order valence-electron chi connectivity index (χ3n) is 2.05. The topological polar surface area (TPSA) is 65.2 Å². The number of nitrogens with two attached hydrogens (primary N) is 1. The summed E-state index contributed by atoms with van der Waals surface area (Å²) in [6.07, 6.45) is 0. The number of pyridine rings is 1. The van der Waals surface area contributed by atoms with E-state index in [-0.39, 0.29) is 17.6 Å². The Hall–Kier alpha value is -0.940. The molecule has 0 radical (unpaired) electrons. The highest BCUT2D eigenvalue weighted by Crippen LogP contribution is 2.33. The van der Waals surface area contributed by atoms with Gasteiger partial charge in [-0.15, -0.1) is 11.8 Å². The molecule has 0 aliphatic carbocycles. The molecular weight excluding hydrogens is 260 g/mol. The molecule has 0 saturated heterocycles. The van der Waals surface area contributed by atoms with E-state index in [1.807, 2.05) is 13.8 Å². The van der Waals surface area contributed by atoms with Gasteiger partial charge in [0.15, 0.2) is 0 Å². The van der Waals surface area contributed by atoms with Crippen LogP contribution in [-0.4, -0.2) is 23.8 Å². The highest BCUT2D eigenvalue weighted by atomic mass is 35.5. The minimum absolute atomic E-state index is 0.212. The van der Waals surface area contributed by atoms with Crippen LogP contribution in [0.2, 0.25) is 5.02 Å². The van der Waals surface area contributed by atoms with E-state index >= 15 is 0 Å². The molecule has 1 amide bonds. The number of rotatable bonds is 5. The number of ether oxygens (including phenoxy) is 1. The number of hydrogen-bond donors (Lipinski definition) is 1. The highest BCUT2D eigenvalue weighted by Gasteiger charge is 2.14. The molecule has 4 nitrogen and oxygen atoms in total. The van der Waals surface area contributed by atoms with Crippen molar-refractivity contribution in [3.05, 3.63) is 16.8 Å². The predicted molar refractivity (Wildman–Crippen MR) is 69.8 cm³/mol. The molecule has 6 heteroatoms. The van der Waals surface area contributed by atoms with Crippen molar-refractivity contribution in [3.8, 4) is 5.88 Å². The Morgan fingerprint density at radius 2 is 2.29 bits per heavy atom. The maximum absolute atomic E-state index is 10.8. The minimum Gasteiger partial charge on any atom is -0.480 e. The van der Waals surface area contributed by atoms with Gasteiger partial charge in [-0.05, 0) is 12.0 Å². The van der Waals surface area contributed by atoms with E-state index in [1.165, 1.54) is 18.9 Å². The van der Waals surface area contributed by atoms with E-state index in [0.717, 1.165) is 10.6 Å². The third kappa shape index (κ3) is 3.78. The molecule has 0 aromatic carbocycles. The Labute approximate surface area is 110 Å². The van der Waals surface area contributed by atoms with Crippen LogP contribution < -0.4 is 10.5 Å². The summed E-state index contributed by atoms with van der Waals surface area (Å²) in [5.74, 6) is 0.469. The summed E-state index contributed by atoms with van der Waals surface area (Å²) in [5, 5.41) is 0.434. The van der Waals surface area contributed by atoms with Crippen LogP contribution in [0.4, 0.5) is 0 Å². The quantitative estimate of drug-likeness (QED) is 0.838. The molecule has 1 heterocycles. The first-order chi connectivity index (χ1) is 7.95. The predicted octanol–water partition coefficient (Wildman–Crippen LogP) is 2.44. The first-order valence-electron chi connectivity index (χ1n) is 5.11. The fourth-order valence-electron chi connectivity index (χ4n) is 1.29. The lowest BCUT2D eigenvalue weighted by molar-refractivity contribution is -0.115. The van der Waals surface area contributed by atoms with Crippen molar-refractivity contribution < 1.29 is 9.53 Å². The van der Waals surface area contributed by atoms with Crippen LogP contribution in [-0.2, 0) is 4.79 Å². The van der Waals surface area contributed by atoms with Crippen molar-refractivity contribution in [1.82, 2.24) is 4.98 Å². The molecule has 0 saturated carbocycles. The van der Waals surface area contributed by atoms with Crippen LogP contribution in [0, 0.1) is 0 Å². The van der Waals surface area contributed by atoms with Gasteiger partial charge in [0.25, 0.3) is 0 Å². The van der Waals surface area contributed by atoms with Crippen molar-refractivity contribution in [1.29, 1.82) is 0 Å². The maximum atomic E-state index is 10.8. The second kappa shape index (κ2) is 6.12. The lowest BCUT2D eigenvalue weighted by Gasteiger charge is -2.13. The monoisotopic (exact) mass is 274 g/mol. The van der Waals surface area contributed by atoms with Crippen molar-refractivity contribution in [3.63, 3.8) is 0 Å². The summed E-state index contributed by atoms with van der Waals surface area (Å²) >= 11 is 7.34. The van der Waals surface area contributed by atoms with E-state index < -0.39 is 0 Å². The largest absolute Gasteiger partial charge is 0.480 e. The lowest BCUT2D eigenvalue weighted by Crippen LogP contribution is -2.13. The van der Waals surface area contributed by atoms with Gasteiger partial charge in [-0.25, -0.2) is 4.98 Å². The van der Waals surface area contributed by atoms with Crippen LogP contribution in [0.5, 0.6) is 5.88 Å². The van der Waals surface area contributed by atoms with Gasteiger partial charge in [0.2, 0.25) is 11.8 Å². The summed E-state index contributed by atoms with van der Waals surface area (Å²) in [7, 11) is 1.52. The average Bonchev–Trinajstić information content (AvgIpc) is 2.25. The van der Waals surface area contributed by atoms with Crippen LogP contribution in [0.1, 0.15) is 25.5 Å². The van der Waals surface area contributed by atoms with Gasteiger partial charge in [-0.3, -0.25) is 4.79 Å². The molecule has 0 spiro atoms. The van der Waals surface area contributed by atoms with E-state index in [1.54, 1.807) is 6.07 Å². The Morgan fingerprint density at radius 1 is 1.65 bits per heavy atom. The zero-order valence-electron chi connectivity index (χ0n) is 9.99. The van der Waals surface area contributed by atoms with Gasteiger partial charge in [0.1, 0.15) is 5.02 Å². The Balaban J connectivity index is 3.09. The molecular formula is C11H15ClN2O2S. The molecule has 1 aromatic rings. The summed E-state index contributed by atoms with van der Waals surface area (Å²) < 4.78 is 5.07. The number of nitrogens with zero attached hydrogens (tertiary/aromatic N) is 1. The molecule has 0 bridgehead atoms. The maximum Gasteiger partial charge on any atom is 0.232 e. The van der Waals surface area contributed by atoms with Crippen molar-refractivity contribution in [2.75, 3.05) is 12.9 Å². The van der Waals surface area contributed by atoms with Crippen molar-refractivity contribution in [2.45, 2.75) is 24.7 Å². The molecule has 1 aromatic heterocycles. The number of carbonyl (C=O) groups excluding carboxylic acids is 1. The number of thioether (sulfide) groups is 1. The van der Waals surface area contributed by atoms with Crippen LogP contribution in [0.3, 0.4) is 0 Å². The summed E-state index contributed by atoms with van der Waals surface area (Å²) in [6, 6.07) is 1.76. The fraction of sp³-hybridized carbons (Fsp3) is 0.455. The van der Waals surface area contributed by atoms with Gasteiger partial charge in [0, 0.05) is 4.90 Å². The van der Waals surface area contributed by atoms with Crippen molar-refractivity contribution in [2.24, 2.45) is 5.73 Å². The SMILES string of the molecule is COc1nc(C(C)C)c(SCC(N)=O)cc1Cl. The van der Waals surface area contributed by atoms with Crippen LogP contribution in [0.25, 0.3) is 0 Å². The Bertz CT molecular complexity index is 424. The zero-order chi connectivity index (χ0) is 13.0. The second-order valence-electron chi connectivity index (χ2n) is 3.77. The van der Waals surface area contributed by atoms with Gasteiger partial charge >= 0.3 is 0 Å².